The highest BCUT2D eigenvalue weighted by atomic mass is 16.6. The number of nitrogens with one attached hydrogen (secondary N) is 1. The van der Waals surface area contributed by atoms with E-state index in [9.17, 15) is 19.7 Å². The minimum atomic E-state index is -0.570. The van der Waals surface area contributed by atoms with Crippen LogP contribution < -0.4 is 10.1 Å². The quantitative estimate of drug-likeness (QED) is 0.387. The monoisotopic (exact) mass is 305 g/mol. The van der Waals surface area contributed by atoms with Crippen molar-refractivity contribution in [3.63, 3.8) is 0 Å². The number of imide groups is 1. The van der Waals surface area contributed by atoms with Gasteiger partial charge in [0.15, 0.2) is 5.75 Å². The van der Waals surface area contributed by atoms with Crippen molar-refractivity contribution in [2.24, 2.45) is 0 Å². The number of nitrogens with zero attached hydrogens (tertiary/aromatic N) is 2. The highest BCUT2D eigenvalue weighted by Gasteiger charge is 2.32. The molecule has 0 spiro atoms. The Morgan fingerprint density at radius 3 is 2.73 bits per heavy atom. The number of ether oxygens (including phenoxy) is 1. The number of carbonyl (C=O) groups excluding carboxylic acids is 2. The summed E-state index contributed by atoms with van der Waals surface area (Å²) in [5.41, 5.74) is 0.312. The van der Waals surface area contributed by atoms with Gasteiger partial charge in [-0.25, -0.2) is 4.79 Å². The Morgan fingerprint density at radius 2 is 2.14 bits per heavy atom. The van der Waals surface area contributed by atoms with E-state index in [-0.39, 0.29) is 17.1 Å². The summed E-state index contributed by atoms with van der Waals surface area (Å²) in [6, 6.07) is 3.81. The van der Waals surface area contributed by atoms with E-state index in [2.05, 4.69) is 5.32 Å². The van der Waals surface area contributed by atoms with Gasteiger partial charge >= 0.3 is 11.7 Å². The van der Waals surface area contributed by atoms with Crippen LogP contribution in [0.3, 0.4) is 0 Å². The zero-order valence-electron chi connectivity index (χ0n) is 12.2. The molecule has 1 fully saturated rings. The lowest BCUT2D eigenvalue weighted by atomic mass is 10.1. The van der Waals surface area contributed by atoms with Gasteiger partial charge in [-0.2, -0.15) is 0 Å². The zero-order chi connectivity index (χ0) is 16.3. The van der Waals surface area contributed by atoms with E-state index < -0.39 is 16.9 Å². The van der Waals surface area contributed by atoms with Gasteiger partial charge in [0, 0.05) is 12.6 Å². The molecule has 2 rings (SSSR count). The van der Waals surface area contributed by atoms with Gasteiger partial charge in [0.2, 0.25) is 0 Å². The highest BCUT2D eigenvalue weighted by Crippen LogP contribution is 2.28. The smallest absolute Gasteiger partial charge is 0.329 e. The van der Waals surface area contributed by atoms with E-state index in [1.807, 2.05) is 6.92 Å². The van der Waals surface area contributed by atoms with Gasteiger partial charge in [-0.1, -0.05) is 13.0 Å². The summed E-state index contributed by atoms with van der Waals surface area (Å²) in [6.07, 6.45) is 2.06. The van der Waals surface area contributed by atoms with E-state index >= 15 is 0 Å². The average Bonchev–Trinajstić information content (AvgIpc) is 2.75. The fourth-order valence-electron chi connectivity index (χ4n) is 2.10. The molecule has 1 heterocycles. The molecule has 1 saturated heterocycles. The van der Waals surface area contributed by atoms with Crippen LogP contribution in [0.5, 0.6) is 5.75 Å². The zero-order valence-corrected chi connectivity index (χ0v) is 12.2. The van der Waals surface area contributed by atoms with E-state index in [4.69, 9.17) is 4.74 Å². The molecule has 1 N–H and O–H groups in total. The summed E-state index contributed by atoms with van der Waals surface area (Å²) in [6.45, 7) is 2.18. The second kappa shape index (κ2) is 6.25. The molecule has 22 heavy (non-hydrogen) atoms. The number of nitro groups is 1. The summed E-state index contributed by atoms with van der Waals surface area (Å²) >= 11 is 0. The highest BCUT2D eigenvalue weighted by molar-refractivity contribution is 6.13. The Kier molecular flexibility index (Phi) is 4.40. The number of amides is 3. The number of benzene rings is 1. The van der Waals surface area contributed by atoms with Crippen LogP contribution in [-0.2, 0) is 4.79 Å². The molecule has 0 aromatic heterocycles. The van der Waals surface area contributed by atoms with Crippen molar-refractivity contribution >= 4 is 23.7 Å². The van der Waals surface area contributed by atoms with Crippen LogP contribution in [-0.4, -0.2) is 35.4 Å². The van der Waals surface area contributed by atoms with Crippen LogP contribution in [0.2, 0.25) is 0 Å². The van der Waals surface area contributed by atoms with Gasteiger partial charge in [0.25, 0.3) is 5.91 Å². The van der Waals surface area contributed by atoms with Gasteiger partial charge in [-0.15, -0.1) is 0 Å². The van der Waals surface area contributed by atoms with Crippen LogP contribution in [0, 0.1) is 10.1 Å². The molecule has 1 aromatic rings. The van der Waals surface area contributed by atoms with Crippen LogP contribution in [0.1, 0.15) is 18.9 Å². The summed E-state index contributed by atoms with van der Waals surface area (Å²) in [4.78, 5) is 35.3. The molecule has 0 bridgehead atoms. The fourth-order valence-corrected chi connectivity index (χ4v) is 2.10. The maximum absolute atomic E-state index is 12.1. The Morgan fingerprint density at radius 1 is 1.41 bits per heavy atom. The van der Waals surface area contributed by atoms with Crippen molar-refractivity contribution in [3.8, 4) is 5.75 Å². The number of urea groups is 1. The van der Waals surface area contributed by atoms with Crippen molar-refractivity contribution in [1.29, 1.82) is 0 Å². The van der Waals surface area contributed by atoms with Gasteiger partial charge in [-0.3, -0.25) is 19.8 Å². The third-order valence-electron chi connectivity index (χ3n) is 3.12. The standard InChI is InChI=1S/C14H15N3O5/c1-3-6-16-13(18)10(15-14(16)19)7-9-4-5-12(22-2)11(8-9)17(20)21/h4-5,7-8H,3,6H2,1-2H3,(H,15,19)/b10-7+. The Balaban J connectivity index is 2.34. The largest absolute Gasteiger partial charge is 0.490 e. The van der Waals surface area contributed by atoms with Gasteiger partial charge in [-0.05, 0) is 24.1 Å². The number of methoxy groups -OCH3 is 1. The first-order chi connectivity index (χ1) is 10.5. The minimum absolute atomic E-state index is 0.0953. The summed E-state index contributed by atoms with van der Waals surface area (Å²) in [7, 11) is 1.34. The maximum Gasteiger partial charge on any atom is 0.329 e. The lowest BCUT2D eigenvalue weighted by Crippen LogP contribution is -2.31. The van der Waals surface area contributed by atoms with E-state index in [1.54, 1.807) is 6.07 Å². The van der Waals surface area contributed by atoms with Crippen LogP contribution in [0.4, 0.5) is 10.5 Å². The van der Waals surface area contributed by atoms with E-state index in [1.165, 1.54) is 25.3 Å². The molecule has 1 aromatic carbocycles. The predicted molar refractivity (Wildman–Crippen MR) is 78.2 cm³/mol. The maximum atomic E-state index is 12.1. The first-order valence-electron chi connectivity index (χ1n) is 6.65. The molecule has 0 aliphatic carbocycles. The molecule has 0 saturated carbocycles. The van der Waals surface area contributed by atoms with Crippen LogP contribution in [0.25, 0.3) is 6.08 Å². The topological polar surface area (TPSA) is 102 Å². The van der Waals surface area contributed by atoms with Gasteiger partial charge < -0.3 is 10.1 Å². The first kappa shape index (κ1) is 15.5. The minimum Gasteiger partial charge on any atom is -0.490 e. The molecule has 8 nitrogen and oxygen atoms in total. The van der Waals surface area contributed by atoms with Crippen molar-refractivity contribution in [2.75, 3.05) is 13.7 Å². The molecule has 1 aliphatic rings. The molecule has 0 unspecified atom stereocenters. The fraction of sp³-hybridized carbons (Fsp3) is 0.286. The van der Waals surface area contributed by atoms with E-state index in [0.717, 1.165) is 4.90 Å². The lowest BCUT2D eigenvalue weighted by molar-refractivity contribution is -0.385. The molecule has 0 atom stereocenters. The van der Waals surface area contributed by atoms with Gasteiger partial charge in [0.05, 0.1) is 12.0 Å². The molecular weight excluding hydrogens is 290 g/mol. The number of nitro benzene ring substituents is 1. The Bertz CT molecular complexity index is 668. The summed E-state index contributed by atoms with van der Waals surface area (Å²) < 4.78 is 4.91. The second-order valence-corrected chi connectivity index (χ2v) is 4.63. The van der Waals surface area contributed by atoms with Crippen molar-refractivity contribution in [1.82, 2.24) is 10.2 Å². The number of hydrogen-bond donors (Lipinski definition) is 1. The molecular formula is C14H15N3O5. The number of rotatable bonds is 5. The normalized spacial score (nSPS) is 16.1. The van der Waals surface area contributed by atoms with Crippen molar-refractivity contribution in [3.05, 3.63) is 39.6 Å². The lowest BCUT2D eigenvalue weighted by Gasteiger charge is -2.08. The Labute approximate surface area is 126 Å². The summed E-state index contributed by atoms with van der Waals surface area (Å²) in [5, 5.41) is 13.4. The average molecular weight is 305 g/mol. The molecule has 8 heteroatoms. The van der Waals surface area contributed by atoms with Crippen LogP contribution >= 0.6 is 0 Å². The second-order valence-electron chi connectivity index (χ2n) is 4.63. The first-order valence-corrected chi connectivity index (χ1v) is 6.65. The van der Waals surface area contributed by atoms with Crippen LogP contribution in [0.15, 0.2) is 23.9 Å². The van der Waals surface area contributed by atoms with Crippen molar-refractivity contribution < 1.29 is 19.2 Å². The Hall–Kier alpha value is -2.90. The predicted octanol–water partition coefficient (Wildman–Crippen LogP) is 1.91. The van der Waals surface area contributed by atoms with Gasteiger partial charge in [0.1, 0.15) is 5.70 Å². The SMILES string of the molecule is CCCN1C(=O)N/C(=C/c2ccc(OC)c([N+](=O)[O-])c2)C1=O. The molecule has 3 amide bonds. The summed E-state index contributed by atoms with van der Waals surface area (Å²) in [5.74, 6) is -0.313. The van der Waals surface area contributed by atoms with E-state index in [0.29, 0.717) is 18.5 Å². The molecule has 1 aliphatic heterocycles. The molecule has 116 valence electrons. The molecule has 0 radical (unpaired) electrons. The third kappa shape index (κ3) is 2.90. The van der Waals surface area contributed by atoms with Crippen molar-refractivity contribution in [2.45, 2.75) is 13.3 Å². The third-order valence-corrected chi connectivity index (χ3v) is 3.12. The number of carbonyl (C=O) groups is 2. The number of hydrogen-bond acceptors (Lipinski definition) is 5.